The van der Waals surface area contributed by atoms with Gasteiger partial charge >= 0.3 is 11.9 Å². The van der Waals surface area contributed by atoms with Crippen molar-refractivity contribution in [3.63, 3.8) is 0 Å². The van der Waals surface area contributed by atoms with E-state index in [1.165, 1.54) is 5.56 Å². The van der Waals surface area contributed by atoms with Crippen molar-refractivity contribution in [2.45, 2.75) is 76.5 Å². The molecule has 212 valence electrons. The lowest BCUT2D eigenvalue weighted by Crippen LogP contribution is -2.44. The van der Waals surface area contributed by atoms with E-state index >= 15 is 0 Å². The zero-order valence-corrected chi connectivity index (χ0v) is 23.9. The molecule has 1 aliphatic heterocycles. The van der Waals surface area contributed by atoms with Gasteiger partial charge < -0.3 is 13.9 Å². The Morgan fingerprint density at radius 2 is 1.65 bits per heavy atom. The van der Waals surface area contributed by atoms with Crippen LogP contribution in [0.3, 0.4) is 0 Å². The van der Waals surface area contributed by atoms with Crippen LogP contribution in [0.4, 0.5) is 0 Å². The molecule has 7 atom stereocenters. The maximum absolute atomic E-state index is 14.4. The average molecular weight is 544 g/mol. The number of hydrogen-bond acceptors (Lipinski definition) is 6. The summed E-state index contributed by atoms with van der Waals surface area (Å²) in [6.07, 6.45) is 4.25. The van der Waals surface area contributed by atoms with Gasteiger partial charge in [-0.25, -0.2) is 0 Å². The minimum Gasteiger partial charge on any atom is -0.469 e. The lowest BCUT2D eigenvalue weighted by Gasteiger charge is -2.44. The Balaban J connectivity index is 1.50. The third kappa shape index (κ3) is 5.60. The molecule has 0 unspecified atom stereocenters. The molecule has 0 bridgehead atoms. The smallest absolute Gasteiger partial charge is 0.323 e. The first-order valence-corrected chi connectivity index (χ1v) is 14.6. The summed E-state index contributed by atoms with van der Waals surface area (Å²) in [5.41, 5.74) is 1.99. The van der Waals surface area contributed by atoms with E-state index in [2.05, 4.69) is 50.4 Å². The molecule has 2 heterocycles. The van der Waals surface area contributed by atoms with Crippen LogP contribution in [0.15, 0.2) is 83.5 Å². The molecule has 0 amide bonds. The summed E-state index contributed by atoms with van der Waals surface area (Å²) >= 11 is 0. The molecule has 6 heteroatoms. The van der Waals surface area contributed by atoms with Crippen molar-refractivity contribution in [2.75, 3.05) is 6.61 Å². The van der Waals surface area contributed by atoms with Gasteiger partial charge in [0.05, 0.1) is 24.7 Å². The largest absolute Gasteiger partial charge is 0.469 e. The maximum atomic E-state index is 14.4. The second-order valence-corrected chi connectivity index (χ2v) is 11.9. The van der Waals surface area contributed by atoms with E-state index in [1.807, 2.05) is 42.5 Å². The number of rotatable bonds is 8. The summed E-state index contributed by atoms with van der Waals surface area (Å²) in [5.74, 6) is -0.724. The van der Waals surface area contributed by atoms with E-state index in [0.717, 1.165) is 24.8 Å². The van der Waals surface area contributed by atoms with Gasteiger partial charge in [0.2, 0.25) is 0 Å². The molecule has 2 fully saturated rings. The van der Waals surface area contributed by atoms with Gasteiger partial charge in [-0.1, -0.05) is 87.9 Å². The van der Waals surface area contributed by atoms with E-state index in [4.69, 9.17) is 13.9 Å². The second-order valence-electron chi connectivity index (χ2n) is 11.9. The van der Waals surface area contributed by atoms with Crippen LogP contribution in [-0.4, -0.2) is 30.7 Å². The lowest BCUT2D eigenvalue weighted by molar-refractivity contribution is -0.163. The summed E-state index contributed by atoms with van der Waals surface area (Å²) < 4.78 is 17.8. The minimum absolute atomic E-state index is 0.169. The summed E-state index contributed by atoms with van der Waals surface area (Å²) in [7, 11) is 0. The predicted octanol–water partition coefficient (Wildman–Crippen LogP) is 6.58. The third-order valence-corrected chi connectivity index (χ3v) is 9.07. The van der Waals surface area contributed by atoms with Gasteiger partial charge in [-0.15, -0.1) is 0 Å². The summed E-state index contributed by atoms with van der Waals surface area (Å²) in [5, 5.41) is 3.44. The first-order chi connectivity index (χ1) is 19.3. The van der Waals surface area contributed by atoms with Gasteiger partial charge in [0, 0.05) is 12.0 Å². The van der Waals surface area contributed by atoms with Gasteiger partial charge in [-0.05, 0) is 54.4 Å². The highest BCUT2D eigenvalue weighted by Crippen LogP contribution is 2.47. The number of ether oxygens (including phenoxy) is 2. The van der Waals surface area contributed by atoms with Crippen molar-refractivity contribution in [3.8, 4) is 0 Å². The van der Waals surface area contributed by atoms with Crippen molar-refractivity contribution in [2.24, 2.45) is 17.8 Å². The number of benzene rings is 2. The SMILES string of the molecule is CCOC(=O)[C@H]1N[C@@H](c2ccccc2)[C@H](C(=O)O[C@@H]2C[C@H](C)CC[C@H]2C(C)(C)c2ccccc2)[C@H]1c1ccco1. The Hall–Kier alpha value is -3.38. The highest BCUT2D eigenvalue weighted by Gasteiger charge is 2.54. The lowest BCUT2D eigenvalue weighted by atomic mass is 9.64. The van der Waals surface area contributed by atoms with Gasteiger partial charge in [0.15, 0.2) is 0 Å². The Labute approximate surface area is 237 Å². The van der Waals surface area contributed by atoms with Crippen molar-refractivity contribution in [1.29, 1.82) is 0 Å². The molecule has 0 spiro atoms. The third-order valence-electron chi connectivity index (χ3n) is 9.07. The number of carbonyl (C=O) groups is 2. The average Bonchev–Trinajstić information content (AvgIpc) is 3.62. The fourth-order valence-corrected chi connectivity index (χ4v) is 6.92. The van der Waals surface area contributed by atoms with E-state index < -0.39 is 29.9 Å². The fraction of sp³-hybridized carbons (Fsp3) is 0.471. The fourth-order valence-electron chi connectivity index (χ4n) is 6.92. The summed E-state index contributed by atoms with van der Waals surface area (Å²) in [6.45, 7) is 8.79. The molecule has 6 nitrogen and oxygen atoms in total. The monoisotopic (exact) mass is 543 g/mol. The van der Waals surface area contributed by atoms with E-state index in [9.17, 15) is 9.59 Å². The first-order valence-electron chi connectivity index (χ1n) is 14.6. The van der Waals surface area contributed by atoms with Crippen LogP contribution in [0, 0.1) is 17.8 Å². The summed E-state index contributed by atoms with van der Waals surface area (Å²) in [6, 6.07) is 22.8. The quantitative estimate of drug-likeness (QED) is 0.323. The predicted molar refractivity (Wildman–Crippen MR) is 154 cm³/mol. The van der Waals surface area contributed by atoms with Crippen LogP contribution >= 0.6 is 0 Å². The van der Waals surface area contributed by atoms with Gasteiger partial charge in [-0.3, -0.25) is 14.9 Å². The number of nitrogens with one attached hydrogen (secondary N) is 1. The van der Waals surface area contributed by atoms with Crippen LogP contribution in [0.2, 0.25) is 0 Å². The first kappa shape index (κ1) is 28.2. The van der Waals surface area contributed by atoms with Gasteiger partial charge in [0.25, 0.3) is 0 Å². The van der Waals surface area contributed by atoms with E-state index in [-0.39, 0.29) is 30.0 Å². The number of hydrogen-bond donors (Lipinski definition) is 1. The van der Waals surface area contributed by atoms with Crippen molar-refractivity contribution < 1.29 is 23.5 Å². The van der Waals surface area contributed by atoms with E-state index in [0.29, 0.717) is 11.7 Å². The molecule has 3 aromatic rings. The van der Waals surface area contributed by atoms with Crippen LogP contribution in [0.5, 0.6) is 0 Å². The summed E-state index contributed by atoms with van der Waals surface area (Å²) in [4.78, 5) is 27.6. The Morgan fingerprint density at radius 3 is 2.30 bits per heavy atom. The molecule has 1 saturated heterocycles. The molecule has 5 rings (SSSR count). The Bertz CT molecular complexity index is 1260. The van der Waals surface area contributed by atoms with E-state index in [1.54, 1.807) is 19.3 Å². The molecule has 1 saturated carbocycles. The molecule has 1 aliphatic carbocycles. The molecule has 0 radical (unpaired) electrons. The molecule has 2 aliphatic rings. The van der Waals surface area contributed by atoms with Crippen molar-refractivity contribution in [1.82, 2.24) is 5.32 Å². The number of esters is 2. The van der Waals surface area contributed by atoms with Gasteiger partial charge in [-0.2, -0.15) is 0 Å². The molecule has 40 heavy (non-hydrogen) atoms. The van der Waals surface area contributed by atoms with Crippen molar-refractivity contribution >= 4 is 11.9 Å². The molecule has 2 aromatic carbocycles. The number of furan rings is 1. The highest BCUT2D eigenvalue weighted by molar-refractivity contribution is 5.83. The standard InChI is InChI=1S/C34H41NO5/c1-5-38-33(37)31-28(26-17-12-20-39-26)29(30(35-31)23-13-8-6-9-14-23)32(36)40-27-21-22(2)18-19-25(27)34(3,4)24-15-10-7-11-16-24/h6-17,20,22,25,27-31,35H,5,18-19,21H2,1-4H3/t22-,25-,27-,28-,29-,30+,31+/m1/s1. The van der Waals surface area contributed by atoms with Crippen LogP contribution in [-0.2, 0) is 24.5 Å². The molecule has 1 N–H and O–H groups in total. The molecular weight excluding hydrogens is 502 g/mol. The Kier molecular flexibility index (Phi) is 8.46. The zero-order valence-electron chi connectivity index (χ0n) is 23.9. The second kappa shape index (κ2) is 12.0. The normalized spacial score (nSPS) is 28.6. The van der Waals surface area contributed by atoms with Crippen LogP contribution < -0.4 is 5.32 Å². The minimum atomic E-state index is -0.740. The van der Waals surface area contributed by atoms with Gasteiger partial charge in [0.1, 0.15) is 17.9 Å². The van der Waals surface area contributed by atoms with Crippen molar-refractivity contribution in [3.05, 3.63) is 95.9 Å². The highest BCUT2D eigenvalue weighted by atomic mass is 16.5. The number of carbonyl (C=O) groups excluding carboxylic acids is 2. The molecule has 1 aromatic heterocycles. The topological polar surface area (TPSA) is 77.8 Å². The molecular formula is C34H41NO5. The van der Waals surface area contributed by atoms with Crippen LogP contribution in [0.1, 0.15) is 75.8 Å². The maximum Gasteiger partial charge on any atom is 0.323 e. The zero-order chi connectivity index (χ0) is 28.3. The Morgan fingerprint density at radius 1 is 0.950 bits per heavy atom. The van der Waals surface area contributed by atoms with Crippen LogP contribution in [0.25, 0.3) is 0 Å².